The number of hydrogen-bond donors (Lipinski definition) is 2. The fourth-order valence-corrected chi connectivity index (χ4v) is 1.99. The zero-order chi connectivity index (χ0) is 10.7. The predicted molar refractivity (Wildman–Crippen MR) is 60.5 cm³/mol. The summed E-state index contributed by atoms with van der Waals surface area (Å²) < 4.78 is 0. The van der Waals surface area contributed by atoms with E-state index < -0.39 is 0 Å². The largest absolute Gasteiger partial charge is 0.323 e. The normalized spacial score (nSPS) is 25.1. The van der Waals surface area contributed by atoms with Crippen LogP contribution in [0.3, 0.4) is 0 Å². The number of aromatic nitrogens is 1. The van der Waals surface area contributed by atoms with Crippen LogP contribution in [0.2, 0.25) is 0 Å². The first kappa shape index (κ1) is 10.5. The highest BCUT2D eigenvalue weighted by Crippen LogP contribution is 2.15. The molecule has 0 aliphatic carbocycles. The van der Waals surface area contributed by atoms with E-state index in [1.807, 2.05) is 12.1 Å². The van der Waals surface area contributed by atoms with Crippen LogP contribution in [0.15, 0.2) is 24.5 Å². The maximum absolute atomic E-state index is 6.22. The molecule has 0 spiro atoms. The van der Waals surface area contributed by atoms with Crippen molar-refractivity contribution in [1.29, 1.82) is 0 Å². The molecule has 0 aromatic carbocycles. The summed E-state index contributed by atoms with van der Waals surface area (Å²) >= 11 is 0. The van der Waals surface area contributed by atoms with Gasteiger partial charge in [-0.2, -0.15) is 0 Å². The molecule has 1 saturated heterocycles. The van der Waals surface area contributed by atoms with E-state index in [4.69, 9.17) is 5.73 Å². The van der Waals surface area contributed by atoms with Crippen molar-refractivity contribution in [3.8, 4) is 0 Å². The fraction of sp³-hybridized carbons (Fsp3) is 0.545. The zero-order valence-corrected chi connectivity index (χ0v) is 9.06. The fourth-order valence-electron chi connectivity index (χ4n) is 1.99. The third-order valence-corrected chi connectivity index (χ3v) is 2.93. The van der Waals surface area contributed by atoms with Crippen LogP contribution in [0.1, 0.15) is 11.6 Å². The molecular formula is C11H18N4. The summed E-state index contributed by atoms with van der Waals surface area (Å²) in [7, 11) is 2.13. The van der Waals surface area contributed by atoms with Gasteiger partial charge in [-0.15, -0.1) is 0 Å². The Balaban J connectivity index is 2.04. The van der Waals surface area contributed by atoms with Crippen molar-refractivity contribution < 1.29 is 0 Å². The van der Waals surface area contributed by atoms with Crippen LogP contribution < -0.4 is 11.1 Å². The number of nitrogens with zero attached hydrogens (tertiary/aromatic N) is 2. The molecule has 4 heteroatoms. The van der Waals surface area contributed by atoms with Crippen LogP contribution >= 0.6 is 0 Å². The van der Waals surface area contributed by atoms with Gasteiger partial charge in [0.05, 0.1) is 0 Å². The first-order chi connectivity index (χ1) is 7.27. The molecule has 0 bridgehead atoms. The minimum absolute atomic E-state index is 0.0516. The van der Waals surface area contributed by atoms with Gasteiger partial charge in [0.1, 0.15) is 0 Å². The minimum atomic E-state index is 0.0516. The van der Waals surface area contributed by atoms with E-state index in [1.54, 1.807) is 12.4 Å². The first-order valence-electron chi connectivity index (χ1n) is 5.35. The Kier molecular flexibility index (Phi) is 3.30. The molecule has 2 atom stereocenters. The molecule has 1 aromatic heterocycles. The van der Waals surface area contributed by atoms with Gasteiger partial charge in [-0.05, 0) is 24.7 Å². The van der Waals surface area contributed by atoms with E-state index in [2.05, 4.69) is 22.2 Å². The molecule has 2 heterocycles. The quantitative estimate of drug-likeness (QED) is 0.714. The maximum Gasteiger partial charge on any atom is 0.0464 e. The molecule has 1 aliphatic rings. The van der Waals surface area contributed by atoms with E-state index in [-0.39, 0.29) is 6.04 Å². The average molecular weight is 206 g/mol. The summed E-state index contributed by atoms with van der Waals surface area (Å²) in [5.41, 5.74) is 7.37. The third-order valence-electron chi connectivity index (χ3n) is 2.93. The van der Waals surface area contributed by atoms with E-state index in [0.717, 1.165) is 25.2 Å². The lowest BCUT2D eigenvalue weighted by molar-refractivity contribution is 0.220. The smallest absolute Gasteiger partial charge is 0.0464 e. The number of rotatable bonds is 2. The third kappa shape index (κ3) is 2.53. The molecule has 15 heavy (non-hydrogen) atoms. The van der Waals surface area contributed by atoms with Crippen molar-refractivity contribution >= 4 is 0 Å². The van der Waals surface area contributed by atoms with E-state index in [1.165, 1.54) is 0 Å². The van der Waals surface area contributed by atoms with Crippen molar-refractivity contribution in [2.45, 2.75) is 12.1 Å². The summed E-state index contributed by atoms with van der Waals surface area (Å²) in [5, 5.41) is 3.46. The molecule has 1 fully saturated rings. The molecule has 4 nitrogen and oxygen atoms in total. The second-order valence-electron chi connectivity index (χ2n) is 4.13. The summed E-state index contributed by atoms with van der Waals surface area (Å²) in [4.78, 5) is 6.31. The number of likely N-dealkylation sites (N-methyl/N-ethyl adjacent to an activating group) is 1. The molecule has 82 valence electrons. The van der Waals surface area contributed by atoms with Crippen LogP contribution in [0.25, 0.3) is 0 Å². The van der Waals surface area contributed by atoms with Crippen LogP contribution in [0, 0.1) is 0 Å². The zero-order valence-electron chi connectivity index (χ0n) is 9.06. The molecule has 2 unspecified atom stereocenters. The van der Waals surface area contributed by atoms with Crippen molar-refractivity contribution in [2.24, 2.45) is 5.73 Å². The van der Waals surface area contributed by atoms with Gasteiger partial charge in [0.15, 0.2) is 0 Å². The molecule has 3 N–H and O–H groups in total. The monoisotopic (exact) mass is 206 g/mol. The topological polar surface area (TPSA) is 54.2 Å². The first-order valence-corrected chi connectivity index (χ1v) is 5.35. The van der Waals surface area contributed by atoms with Crippen LogP contribution in [-0.2, 0) is 0 Å². The Morgan fingerprint density at radius 1 is 1.53 bits per heavy atom. The average Bonchev–Trinajstić information content (AvgIpc) is 2.29. The second-order valence-corrected chi connectivity index (χ2v) is 4.13. The molecule has 1 aromatic rings. The SMILES string of the molecule is CN1CCNC(C(N)c2ccncc2)C1. The van der Waals surface area contributed by atoms with Gasteiger partial charge < -0.3 is 16.0 Å². The number of nitrogens with two attached hydrogens (primary N) is 1. The molecule has 0 radical (unpaired) electrons. The lowest BCUT2D eigenvalue weighted by Crippen LogP contribution is -2.53. The maximum atomic E-state index is 6.22. The van der Waals surface area contributed by atoms with Gasteiger partial charge in [-0.1, -0.05) is 0 Å². The molecule has 1 aliphatic heterocycles. The Morgan fingerprint density at radius 3 is 2.93 bits per heavy atom. The van der Waals surface area contributed by atoms with E-state index >= 15 is 0 Å². The van der Waals surface area contributed by atoms with Crippen LogP contribution in [0.5, 0.6) is 0 Å². The predicted octanol–water partition coefficient (Wildman–Crippen LogP) is -0.0150. The summed E-state index contributed by atoms with van der Waals surface area (Å²) in [6.07, 6.45) is 3.59. The molecular weight excluding hydrogens is 188 g/mol. The van der Waals surface area contributed by atoms with Crippen molar-refractivity contribution in [3.05, 3.63) is 30.1 Å². The number of nitrogens with one attached hydrogen (secondary N) is 1. The summed E-state index contributed by atoms with van der Waals surface area (Å²) in [5.74, 6) is 0. The van der Waals surface area contributed by atoms with Crippen molar-refractivity contribution in [2.75, 3.05) is 26.7 Å². The van der Waals surface area contributed by atoms with Crippen molar-refractivity contribution in [1.82, 2.24) is 15.2 Å². The summed E-state index contributed by atoms with van der Waals surface area (Å²) in [6, 6.07) is 4.36. The summed E-state index contributed by atoms with van der Waals surface area (Å²) in [6.45, 7) is 3.11. The Hall–Kier alpha value is -0.970. The Morgan fingerprint density at radius 2 is 2.27 bits per heavy atom. The highest BCUT2D eigenvalue weighted by atomic mass is 15.2. The van der Waals surface area contributed by atoms with Gasteiger partial charge in [0.25, 0.3) is 0 Å². The van der Waals surface area contributed by atoms with E-state index in [0.29, 0.717) is 6.04 Å². The Labute approximate surface area is 90.5 Å². The van der Waals surface area contributed by atoms with Gasteiger partial charge in [0.2, 0.25) is 0 Å². The van der Waals surface area contributed by atoms with Crippen LogP contribution in [-0.4, -0.2) is 42.6 Å². The lowest BCUT2D eigenvalue weighted by atomic mass is 9.99. The number of piperazine rings is 1. The standard InChI is InChI=1S/C11H18N4/c1-15-7-6-14-10(8-15)11(12)9-2-4-13-5-3-9/h2-5,10-11,14H,6-8,12H2,1H3. The van der Waals surface area contributed by atoms with Gasteiger partial charge in [-0.3, -0.25) is 4.98 Å². The molecule has 2 rings (SSSR count). The second kappa shape index (κ2) is 4.70. The number of pyridine rings is 1. The van der Waals surface area contributed by atoms with Gasteiger partial charge >= 0.3 is 0 Å². The van der Waals surface area contributed by atoms with Gasteiger partial charge in [-0.25, -0.2) is 0 Å². The minimum Gasteiger partial charge on any atom is -0.323 e. The highest BCUT2D eigenvalue weighted by Gasteiger charge is 2.23. The lowest BCUT2D eigenvalue weighted by Gasteiger charge is -2.34. The van der Waals surface area contributed by atoms with E-state index in [9.17, 15) is 0 Å². The molecule has 0 amide bonds. The highest BCUT2D eigenvalue weighted by molar-refractivity contribution is 5.17. The van der Waals surface area contributed by atoms with Crippen molar-refractivity contribution in [3.63, 3.8) is 0 Å². The van der Waals surface area contributed by atoms with Crippen LogP contribution in [0.4, 0.5) is 0 Å². The number of hydrogen-bond acceptors (Lipinski definition) is 4. The Bertz CT molecular complexity index is 301. The van der Waals surface area contributed by atoms with Gasteiger partial charge in [0, 0.05) is 44.1 Å². The molecule has 0 saturated carbocycles.